The molecule has 1 aliphatic carbocycles. The molecule has 1 heterocycles. The summed E-state index contributed by atoms with van der Waals surface area (Å²) < 4.78 is 5.08. The molecule has 0 saturated heterocycles. The fraction of sp³-hybridized carbons (Fsp3) is 0.524. The van der Waals surface area contributed by atoms with Crippen molar-refractivity contribution in [3.05, 3.63) is 40.4 Å². The number of carbonyl (C=O) groups excluding carboxylic acids is 2. The molecule has 3 atom stereocenters. The van der Waals surface area contributed by atoms with Crippen LogP contribution in [0.3, 0.4) is 0 Å². The van der Waals surface area contributed by atoms with Crippen molar-refractivity contribution < 1.29 is 14.3 Å². The van der Waals surface area contributed by atoms with Crippen LogP contribution >= 0.6 is 0 Å². The fourth-order valence-corrected chi connectivity index (χ4v) is 3.73. The van der Waals surface area contributed by atoms with Gasteiger partial charge >= 0.3 is 5.97 Å². The Kier molecular flexibility index (Phi) is 6.44. The molecule has 1 saturated carbocycles. The Morgan fingerprint density at radius 1 is 1.25 bits per heavy atom. The van der Waals surface area contributed by atoms with Crippen molar-refractivity contribution in [1.29, 1.82) is 0 Å². The second-order valence-corrected chi connectivity index (χ2v) is 7.63. The van der Waals surface area contributed by atoms with Crippen LogP contribution in [0.1, 0.15) is 45.4 Å². The van der Waals surface area contributed by atoms with E-state index in [1.807, 2.05) is 0 Å². The van der Waals surface area contributed by atoms with Crippen molar-refractivity contribution in [3.63, 3.8) is 0 Å². The number of para-hydroxylation sites is 1. The summed E-state index contributed by atoms with van der Waals surface area (Å²) in [5.41, 5.74) is 0.356. The Morgan fingerprint density at radius 2 is 2.04 bits per heavy atom. The van der Waals surface area contributed by atoms with Gasteiger partial charge in [-0.3, -0.25) is 14.4 Å². The van der Waals surface area contributed by atoms with Gasteiger partial charge in [0.1, 0.15) is 5.82 Å². The zero-order valence-electron chi connectivity index (χ0n) is 16.4. The van der Waals surface area contributed by atoms with E-state index in [1.165, 1.54) is 6.42 Å². The van der Waals surface area contributed by atoms with Gasteiger partial charge < -0.3 is 15.0 Å². The Morgan fingerprint density at radius 3 is 2.86 bits per heavy atom. The van der Waals surface area contributed by atoms with E-state index in [2.05, 4.69) is 29.1 Å². The minimum absolute atomic E-state index is 0.0470. The van der Waals surface area contributed by atoms with E-state index in [9.17, 15) is 14.4 Å². The summed E-state index contributed by atoms with van der Waals surface area (Å²) in [7, 11) is 0. The average Bonchev–Trinajstić information content (AvgIpc) is 2.68. The molecule has 3 unspecified atom stereocenters. The molecule has 1 aromatic heterocycles. The van der Waals surface area contributed by atoms with Gasteiger partial charge in [-0.2, -0.15) is 0 Å². The van der Waals surface area contributed by atoms with Crippen molar-refractivity contribution in [2.24, 2.45) is 11.8 Å². The molecule has 7 heteroatoms. The highest BCUT2D eigenvalue weighted by molar-refractivity contribution is 5.81. The Labute approximate surface area is 163 Å². The number of nitrogens with one attached hydrogen (secondary N) is 2. The number of benzene rings is 1. The van der Waals surface area contributed by atoms with Crippen molar-refractivity contribution in [2.45, 2.75) is 52.0 Å². The number of H-pyrrole nitrogens is 1. The van der Waals surface area contributed by atoms with Gasteiger partial charge in [-0.25, -0.2) is 4.98 Å². The lowest BCUT2D eigenvalue weighted by atomic mass is 9.78. The van der Waals surface area contributed by atoms with Gasteiger partial charge in [-0.15, -0.1) is 0 Å². The van der Waals surface area contributed by atoms with Gasteiger partial charge in [0.05, 0.1) is 17.3 Å². The lowest BCUT2D eigenvalue weighted by Crippen LogP contribution is -2.45. The zero-order valence-corrected chi connectivity index (χ0v) is 16.4. The maximum absolute atomic E-state index is 12.1. The molecule has 0 aliphatic heterocycles. The predicted molar refractivity (Wildman–Crippen MR) is 106 cm³/mol. The molecule has 1 aromatic carbocycles. The lowest BCUT2D eigenvalue weighted by Gasteiger charge is -2.34. The second kappa shape index (κ2) is 8.99. The molecule has 0 bridgehead atoms. The van der Waals surface area contributed by atoms with Crippen LogP contribution in [0.2, 0.25) is 0 Å². The predicted octanol–water partition coefficient (Wildman–Crippen LogP) is 2.34. The van der Waals surface area contributed by atoms with Gasteiger partial charge in [-0.05, 0) is 30.4 Å². The average molecular weight is 385 g/mol. The molecule has 1 amide bonds. The first kappa shape index (κ1) is 20.0. The normalized spacial score (nSPS) is 22.0. The Hall–Kier alpha value is -2.70. The minimum Gasteiger partial charge on any atom is -0.456 e. The summed E-state index contributed by atoms with van der Waals surface area (Å²) in [6.07, 6.45) is 3.55. The van der Waals surface area contributed by atoms with E-state index < -0.39 is 5.97 Å². The van der Waals surface area contributed by atoms with Crippen LogP contribution in [0.5, 0.6) is 0 Å². The van der Waals surface area contributed by atoms with Crippen LogP contribution in [0, 0.1) is 11.8 Å². The zero-order chi connectivity index (χ0) is 20.1. The largest absolute Gasteiger partial charge is 0.456 e. The summed E-state index contributed by atoms with van der Waals surface area (Å²) >= 11 is 0. The van der Waals surface area contributed by atoms with Crippen molar-refractivity contribution in [2.75, 3.05) is 6.61 Å². The molecule has 28 heavy (non-hydrogen) atoms. The number of aryl methyl sites for hydroxylation is 1. The summed E-state index contributed by atoms with van der Waals surface area (Å²) in [5, 5.41) is 3.49. The molecule has 1 fully saturated rings. The van der Waals surface area contributed by atoms with Gasteiger partial charge in [-0.1, -0.05) is 38.8 Å². The van der Waals surface area contributed by atoms with Crippen molar-refractivity contribution in [3.8, 4) is 0 Å². The van der Waals surface area contributed by atoms with Crippen molar-refractivity contribution in [1.82, 2.24) is 15.3 Å². The van der Waals surface area contributed by atoms with Crippen molar-refractivity contribution >= 4 is 22.8 Å². The fourth-order valence-electron chi connectivity index (χ4n) is 3.73. The van der Waals surface area contributed by atoms with Crippen LogP contribution in [-0.2, 0) is 20.7 Å². The molecule has 2 N–H and O–H groups in total. The molecular weight excluding hydrogens is 358 g/mol. The molecule has 150 valence electrons. The number of ether oxygens (including phenoxy) is 1. The third kappa shape index (κ3) is 4.97. The smallest absolute Gasteiger partial charge is 0.306 e. The van der Waals surface area contributed by atoms with Crippen LogP contribution in [0.15, 0.2) is 29.1 Å². The number of rotatable bonds is 6. The molecular formula is C21H27N3O4. The van der Waals surface area contributed by atoms with Crippen LogP contribution in [0.25, 0.3) is 10.9 Å². The standard InChI is InChI=1S/C21H27N3O4/c1-13-6-5-9-16(14(13)2)23-19(25)12-28-20(26)11-10-18-22-17-8-4-3-7-15(17)21(27)24-18/h3-4,7-8,13-14,16H,5-6,9-12H2,1-2H3,(H,23,25)(H,22,24,27). The monoisotopic (exact) mass is 385 g/mol. The number of nitrogens with zero attached hydrogens (tertiary/aromatic N) is 1. The molecule has 3 rings (SSSR count). The highest BCUT2D eigenvalue weighted by Gasteiger charge is 2.28. The van der Waals surface area contributed by atoms with Crippen LogP contribution in [0.4, 0.5) is 0 Å². The summed E-state index contributed by atoms with van der Waals surface area (Å²) in [6, 6.07) is 7.17. The quantitative estimate of drug-likeness (QED) is 0.743. The number of esters is 1. The van der Waals surface area contributed by atoms with E-state index in [1.54, 1.807) is 24.3 Å². The third-order valence-corrected chi connectivity index (χ3v) is 5.65. The Bertz CT molecular complexity index is 908. The van der Waals surface area contributed by atoms with E-state index in [0.717, 1.165) is 12.8 Å². The van der Waals surface area contributed by atoms with Gasteiger partial charge in [0.25, 0.3) is 11.5 Å². The third-order valence-electron chi connectivity index (χ3n) is 5.65. The number of amides is 1. The van der Waals surface area contributed by atoms with E-state index in [0.29, 0.717) is 28.6 Å². The summed E-state index contributed by atoms with van der Waals surface area (Å²) in [6.45, 7) is 4.07. The summed E-state index contributed by atoms with van der Waals surface area (Å²) in [4.78, 5) is 43.1. The van der Waals surface area contributed by atoms with E-state index in [-0.39, 0.29) is 37.0 Å². The maximum Gasteiger partial charge on any atom is 0.306 e. The molecule has 2 aromatic rings. The van der Waals surface area contributed by atoms with E-state index >= 15 is 0 Å². The van der Waals surface area contributed by atoms with Gasteiger partial charge in [0.15, 0.2) is 6.61 Å². The first-order valence-electron chi connectivity index (χ1n) is 9.87. The minimum atomic E-state index is -0.490. The van der Waals surface area contributed by atoms with E-state index in [4.69, 9.17) is 4.74 Å². The second-order valence-electron chi connectivity index (χ2n) is 7.63. The topological polar surface area (TPSA) is 101 Å². The highest BCUT2D eigenvalue weighted by Crippen LogP contribution is 2.29. The van der Waals surface area contributed by atoms with Crippen LogP contribution in [-0.4, -0.2) is 34.5 Å². The molecule has 1 aliphatic rings. The Balaban J connectivity index is 1.46. The van der Waals surface area contributed by atoms with Gasteiger partial charge in [0.2, 0.25) is 0 Å². The number of carbonyl (C=O) groups is 2. The maximum atomic E-state index is 12.1. The van der Waals surface area contributed by atoms with Crippen LogP contribution < -0.4 is 10.9 Å². The molecule has 0 spiro atoms. The number of hydrogen-bond acceptors (Lipinski definition) is 5. The summed E-state index contributed by atoms with van der Waals surface area (Å²) in [5.74, 6) is 0.671. The SMILES string of the molecule is CC1CCCC(NC(=O)COC(=O)CCc2nc3ccccc3c(=O)[nH]2)C1C. The first-order valence-corrected chi connectivity index (χ1v) is 9.87. The number of fused-ring (bicyclic) bond motifs is 1. The highest BCUT2D eigenvalue weighted by atomic mass is 16.5. The lowest BCUT2D eigenvalue weighted by molar-refractivity contribution is -0.148. The number of hydrogen-bond donors (Lipinski definition) is 2. The molecule has 0 radical (unpaired) electrons. The molecule has 7 nitrogen and oxygen atoms in total. The number of aromatic amines is 1. The number of aromatic nitrogens is 2. The first-order chi connectivity index (χ1) is 13.4. The van der Waals surface area contributed by atoms with Gasteiger partial charge in [0, 0.05) is 12.5 Å².